The Bertz CT molecular complexity index is 506. The number of piperazine rings is 1. The Morgan fingerprint density at radius 1 is 1.60 bits per heavy atom. The van der Waals surface area contributed by atoms with Crippen LogP contribution in [0.1, 0.15) is 6.92 Å². The van der Waals surface area contributed by atoms with Crippen molar-refractivity contribution in [1.29, 1.82) is 0 Å². The standard InChI is InChI=1S/C13H18N4O3/c1-10-8-16(6-5-14-10)9-13(18)15-11-3-2-4-12(7-11)17(19)20/h2-4,7,10,14H,5-6,8-9H2,1H3,(H,15,18). The molecule has 0 bridgehead atoms. The smallest absolute Gasteiger partial charge is 0.271 e. The molecule has 1 amide bonds. The highest BCUT2D eigenvalue weighted by Gasteiger charge is 2.18. The van der Waals surface area contributed by atoms with Crippen LogP contribution in [-0.4, -0.2) is 48.0 Å². The Balaban J connectivity index is 1.91. The molecule has 1 aromatic carbocycles. The molecule has 0 radical (unpaired) electrons. The number of anilines is 1. The van der Waals surface area contributed by atoms with Crippen molar-refractivity contribution in [2.45, 2.75) is 13.0 Å². The first-order valence-electron chi connectivity index (χ1n) is 6.54. The number of carbonyl (C=O) groups excluding carboxylic acids is 1. The zero-order valence-corrected chi connectivity index (χ0v) is 11.3. The zero-order chi connectivity index (χ0) is 14.5. The number of nitrogens with one attached hydrogen (secondary N) is 2. The van der Waals surface area contributed by atoms with Gasteiger partial charge in [-0.05, 0) is 13.0 Å². The lowest BCUT2D eigenvalue weighted by molar-refractivity contribution is -0.384. The fourth-order valence-corrected chi connectivity index (χ4v) is 2.26. The van der Waals surface area contributed by atoms with Gasteiger partial charge in [0.15, 0.2) is 0 Å². The third-order valence-electron chi connectivity index (χ3n) is 3.16. The van der Waals surface area contributed by atoms with Gasteiger partial charge >= 0.3 is 0 Å². The molecule has 1 aromatic rings. The van der Waals surface area contributed by atoms with Gasteiger partial charge in [-0.25, -0.2) is 0 Å². The third kappa shape index (κ3) is 4.01. The van der Waals surface area contributed by atoms with Gasteiger partial charge in [-0.15, -0.1) is 0 Å². The molecule has 20 heavy (non-hydrogen) atoms. The summed E-state index contributed by atoms with van der Waals surface area (Å²) in [5.74, 6) is -0.153. The average Bonchev–Trinajstić information content (AvgIpc) is 2.38. The lowest BCUT2D eigenvalue weighted by Crippen LogP contribution is -2.51. The Morgan fingerprint density at radius 2 is 2.40 bits per heavy atom. The van der Waals surface area contributed by atoms with Crippen LogP contribution < -0.4 is 10.6 Å². The summed E-state index contributed by atoms with van der Waals surface area (Å²) in [6, 6.07) is 6.33. The van der Waals surface area contributed by atoms with Gasteiger partial charge in [-0.2, -0.15) is 0 Å². The molecule has 1 aliphatic rings. The summed E-state index contributed by atoms with van der Waals surface area (Å²) in [4.78, 5) is 24.2. The molecule has 1 atom stereocenters. The number of amides is 1. The van der Waals surface area contributed by atoms with Gasteiger partial charge in [0.1, 0.15) is 0 Å². The van der Waals surface area contributed by atoms with Crippen LogP contribution in [0, 0.1) is 10.1 Å². The van der Waals surface area contributed by atoms with Gasteiger partial charge in [0.2, 0.25) is 5.91 Å². The molecule has 108 valence electrons. The van der Waals surface area contributed by atoms with Crippen LogP contribution in [0.25, 0.3) is 0 Å². The highest BCUT2D eigenvalue weighted by molar-refractivity contribution is 5.92. The molecular weight excluding hydrogens is 260 g/mol. The molecule has 0 saturated carbocycles. The molecule has 0 aromatic heterocycles. The number of non-ortho nitro benzene ring substituents is 1. The van der Waals surface area contributed by atoms with Crippen LogP contribution >= 0.6 is 0 Å². The lowest BCUT2D eigenvalue weighted by atomic mass is 10.2. The average molecular weight is 278 g/mol. The maximum absolute atomic E-state index is 11.9. The minimum atomic E-state index is -0.479. The van der Waals surface area contributed by atoms with Crippen molar-refractivity contribution in [1.82, 2.24) is 10.2 Å². The third-order valence-corrected chi connectivity index (χ3v) is 3.16. The minimum absolute atomic E-state index is 0.0291. The summed E-state index contributed by atoms with van der Waals surface area (Å²) < 4.78 is 0. The van der Waals surface area contributed by atoms with Crippen molar-refractivity contribution in [2.24, 2.45) is 0 Å². The van der Waals surface area contributed by atoms with E-state index in [1.54, 1.807) is 12.1 Å². The van der Waals surface area contributed by atoms with Gasteiger partial charge in [0, 0.05) is 43.5 Å². The fraction of sp³-hybridized carbons (Fsp3) is 0.462. The summed E-state index contributed by atoms with van der Waals surface area (Å²) >= 11 is 0. The minimum Gasteiger partial charge on any atom is -0.325 e. The topological polar surface area (TPSA) is 87.5 Å². The summed E-state index contributed by atoms with van der Waals surface area (Å²) in [6.45, 7) is 4.89. The first-order chi connectivity index (χ1) is 9.54. The molecule has 2 N–H and O–H groups in total. The maximum atomic E-state index is 11.9. The number of hydrogen-bond donors (Lipinski definition) is 2. The molecule has 7 heteroatoms. The Labute approximate surface area is 117 Å². The second-order valence-electron chi connectivity index (χ2n) is 4.95. The van der Waals surface area contributed by atoms with E-state index >= 15 is 0 Å². The first kappa shape index (κ1) is 14.4. The van der Waals surface area contributed by atoms with Crippen LogP contribution in [0.15, 0.2) is 24.3 Å². The number of nitro benzene ring substituents is 1. The largest absolute Gasteiger partial charge is 0.325 e. The Morgan fingerprint density at radius 3 is 3.10 bits per heavy atom. The van der Waals surface area contributed by atoms with Crippen molar-refractivity contribution < 1.29 is 9.72 Å². The Hall–Kier alpha value is -1.99. The van der Waals surface area contributed by atoms with Crippen molar-refractivity contribution in [2.75, 3.05) is 31.5 Å². The number of carbonyl (C=O) groups is 1. The van der Waals surface area contributed by atoms with E-state index in [1.807, 2.05) is 0 Å². The Kier molecular flexibility index (Phi) is 4.65. The van der Waals surface area contributed by atoms with Crippen molar-refractivity contribution in [3.05, 3.63) is 34.4 Å². The number of nitro groups is 1. The van der Waals surface area contributed by atoms with E-state index in [1.165, 1.54) is 12.1 Å². The van der Waals surface area contributed by atoms with Crippen LogP contribution in [0.5, 0.6) is 0 Å². The van der Waals surface area contributed by atoms with Crippen LogP contribution in [0.3, 0.4) is 0 Å². The molecule has 2 rings (SSSR count). The van der Waals surface area contributed by atoms with E-state index in [0.717, 1.165) is 19.6 Å². The van der Waals surface area contributed by atoms with Crippen LogP contribution in [-0.2, 0) is 4.79 Å². The van der Waals surface area contributed by atoms with E-state index < -0.39 is 4.92 Å². The molecule has 1 saturated heterocycles. The van der Waals surface area contributed by atoms with Crippen molar-refractivity contribution in [3.8, 4) is 0 Å². The quantitative estimate of drug-likeness (QED) is 0.629. The van der Waals surface area contributed by atoms with E-state index in [2.05, 4.69) is 22.5 Å². The summed E-state index contributed by atoms with van der Waals surface area (Å²) in [5, 5.41) is 16.7. The molecular formula is C13H18N4O3. The molecule has 1 fully saturated rings. The molecule has 1 heterocycles. The van der Waals surface area contributed by atoms with Gasteiger partial charge in [-0.1, -0.05) is 6.07 Å². The van der Waals surface area contributed by atoms with Gasteiger partial charge < -0.3 is 10.6 Å². The predicted molar refractivity (Wildman–Crippen MR) is 75.6 cm³/mol. The van der Waals surface area contributed by atoms with E-state index in [9.17, 15) is 14.9 Å². The van der Waals surface area contributed by atoms with Gasteiger partial charge in [0.05, 0.1) is 11.5 Å². The van der Waals surface area contributed by atoms with Crippen LogP contribution in [0.2, 0.25) is 0 Å². The van der Waals surface area contributed by atoms with Gasteiger partial charge in [-0.3, -0.25) is 19.8 Å². The second-order valence-corrected chi connectivity index (χ2v) is 4.95. The summed E-state index contributed by atoms with van der Waals surface area (Å²) in [7, 11) is 0. The van der Waals surface area contributed by atoms with E-state index in [4.69, 9.17) is 0 Å². The number of rotatable bonds is 4. The lowest BCUT2D eigenvalue weighted by Gasteiger charge is -2.31. The van der Waals surface area contributed by atoms with E-state index in [-0.39, 0.29) is 11.6 Å². The molecule has 0 aliphatic carbocycles. The molecule has 1 aliphatic heterocycles. The molecule has 7 nitrogen and oxygen atoms in total. The molecule has 0 spiro atoms. The van der Waals surface area contributed by atoms with E-state index in [0.29, 0.717) is 18.3 Å². The van der Waals surface area contributed by atoms with Crippen LogP contribution in [0.4, 0.5) is 11.4 Å². The van der Waals surface area contributed by atoms with Crippen molar-refractivity contribution in [3.63, 3.8) is 0 Å². The normalized spacial score (nSPS) is 19.6. The highest BCUT2D eigenvalue weighted by atomic mass is 16.6. The summed E-state index contributed by atoms with van der Waals surface area (Å²) in [6.07, 6.45) is 0. The number of benzene rings is 1. The van der Waals surface area contributed by atoms with Crippen molar-refractivity contribution >= 4 is 17.3 Å². The number of hydrogen-bond acceptors (Lipinski definition) is 5. The SMILES string of the molecule is CC1CN(CC(=O)Nc2cccc([N+](=O)[O-])c2)CCN1. The summed E-state index contributed by atoms with van der Waals surface area (Å²) in [5.41, 5.74) is 0.422. The monoisotopic (exact) mass is 278 g/mol. The van der Waals surface area contributed by atoms with Gasteiger partial charge in [0.25, 0.3) is 5.69 Å². The maximum Gasteiger partial charge on any atom is 0.271 e. The molecule has 1 unspecified atom stereocenters. The predicted octanol–water partition coefficient (Wildman–Crippen LogP) is 0.827. The first-order valence-corrected chi connectivity index (χ1v) is 6.54. The number of nitrogens with zero attached hydrogens (tertiary/aromatic N) is 2. The highest BCUT2D eigenvalue weighted by Crippen LogP contribution is 2.16. The zero-order valence-electron chi connectivity index (χ0n) is 11.3. The second kappa shape index (κ2) is 6.44. The fourth-order valence-electron chi connectivity index (χ4n) is 2.26.